The second kappa shape index (κ2) is 7.41. The molecule has 4 heteroatoms. The molecule has 3 N–H and O–H groups in total. The van der Waals surface area contributed by atoms with Gasteiger partial charge in [-0.15, -0.1) is 0 Å². The molecule has 0 unspecified atom stereocenters. The summed E-state index contributed by atoms with van der Waals surface area (Å²) in [6.07, 6.45) is 3.79. The normalized spacial score (nSPS) is 21.9. The lowest BCUT2D eigenvalue weighted by Crippen LogP contribution is -2.28. The second-order valence-electron chi connectivity index (χ2n) is 5.44. The van der Waals surface area contributed by atoms with E-state index in [0.29, 0.717) is 25.6 Å². The number of hydrogen-bond donors (Lipinski definition) is 2. The van der Waals surface area contributed by atoms with Crippen LogP contribution in [-0.2, 0) is 16.1 Å². The minimum Gasteiger partial charge on any atom is -0.377 e. The molecule has 2 rings (SSSR count). The largest absolute Gasteiger partial charge is 0.377 e. The van der Waals surface area contributed by atoms with Gasteiger partial charge in [0, 0.05) is 24.8 Å². The van der Waals surface area contributed by atoms with E-state index in [4.69, 9.17) is 10.5 Å². The summed E-state index contributed by atoms with van der Waals surface area (Å²) in [6, 6.07) is 7.98. The Labute approximate surface area is 120 Å². The molecule has 1 aliphatic rings. The van der Waals surface area contributed by atoms with Crippen LogP contribution in [0.5, 0.6) is 0 Å². The number of carbonyl (C=O) groups excluding carboxylic acids is 1. The molecule has 1 aliphatic carbocycles. The van der Waals surface area contributed by atoms with Crippen molar-refractivity contribution in [1.29, 1.82) is 0 Å². The number of nitrogens with one attached hydrogen (secondary N) is 1. The van der Waals surface area contributed by atoms with Gasteiger partial charge in [0.1, 0.15) is 0 Å². The molecule has 1 saturated carbocycles. The number of amides is 1. The molecule has 1 aromatic rings. The Kier molecular flexibility index (Phi) is 5.56. The van der Waals surface area contributed by atoms with Gasteiger partial charge >= 0.3 is 0 Å². The minimum absolute atomic E-state index is 0.0601. The average Bonchev–Trinajstić information content (AvgIpc) is 2.83. The molecule has 20 heavy (non-hydrogen) atoms. The van der Waals surface area contributed by atoms with Crippen LogP contribution in [0.1, 0.15) is 38.2 Å². The Morgan fingerprint density at radius 3 is 2.70 bits per heavy atom. The first-order chi connectivity index (χ1) is 9.69. The number of carbonyl (C=O) groups is 1. The fraction of sp³-hybridized carbons (Fsp3) is 0.562. The van der Waals surface area contributed by atoms with E-state index in [9.17, 15) is 4.79 Å². The molecule has 0 heterocycles. The van der Waals surface area contributed by atoms with Crippen molar-refractivity contribution in [3.8, 4) is 0 Å². The maximum atomic E-state index is 12.0. The van der Waals surface area contributed by atoms with Gasteiger partial charge in [-0.2, -0.15) is 0 Å². The number of hydrogen-bond acceptors (Lipinski definition) is 3. The highest BCUT2D eigenvalue weighted by molar-refractivity contribution is 5.90. The van der Waals surface area contributed by atoms with Crippen molar-refractivity contribution in [2.45, 2.75) is 45.3 Å². The van der Waals surface area contributed by atoms with Crippen LogP contribution in [0, 0.1) is 5.92 Å². The van der Waals surface area contributed by atoms with Crippen LogP contribution >= 0.6 is 0 Å². The molecule has 1 amide bonds. The highest BCUT2D eigenvalue weighted by Gasteiger charge is 2.25. The third kappa shape index (κ3) is 4.32. The zero-order valence-electron chi connectivity index (χ0n) is 12.1. The topological polar surface area (TPSA) is 64.3 Å². The van der Waals surface area contributed by atoms with Gasteiger partial charge in [0.2, 0.25) is 5.91 Å². The van der Waals surface area contributed by atoms with Crippen molar-refractivity contribution in [2.24, 2.45) is 11.7 Å². The van der Waals surface area contributed by atoms with Crippen molar-refractivity contribution >= 4 is 11.6 Å². The zero-order valence-corrected chi connectivity index (χ0v) is 12.1. The lowest BCUT2D eigenvalue weighted by molar-refractivity contribution is -0.117. The molecular weight excluding hydrogens is 252 g/mol. The SMILES string of the molecule is CCOCc1ccc(NC(=O)C[C@@H]2CCC[C@H]2N)cc1. The number of rotatable bonds is 6. The van der Waals surface area contributed by atoms with Crippen LogP contribution in [-0.4, -0.2) is 18.6 Å². The maximum Gasteiger partial charge on any atom is 0.224 e. The Morgan fingerprint density at radius 1 is 1.35 bits per heavy atom. The van der Waals surface area contributed by atoms with Gasteiger partial charge in [0.05, 0.1) is 6.61 Å². The molecule has 110 valence electrons. The summed E-state index contributed by atoms with van der Waals surface area (Å²) in [5.74, 6) is 0.400. The molecular formula is C16H24N2O2. The number of benzene rings is 1. The van der Waals surface area contributed by atoms with Crippen LogP contribution in [0.2, 0.25) is 0 Å². The quantitative estimate of drug-likeness (QED) is 0.839. The fourth-order valence-electron chi connectivity index (χ4n) is 2.67. The number of ether oxygens (including phenoxy) is 1. The van der Waals surface area contributed by atoms with Gasteiger partial charge in [0.25, 0.3) is 0 Å². The summed E-state index contributed by atoms with van der Waals surface area (Å²) in [7, 11) is 0. The Balaban J connectivity index is 1.81. The first kappa shape index (κ1) is 15.0. The second-order valence-corrected chi connectivity index (χ2v) is 5.44. The zero-order chi connectivity index (χ0) is 14.4. The van der Waals surface area contributed by atoms with Crippen molar-refractivity contribution in [3.05, 3.63) is 29.8 Å². The summed E-state index contributed by atoms with van der Waals surface area (Å²) < 4.78 is 5.34. The smallest absolute Gasteiger partial charge is 0.224 e. The molecule has 0 aliphatic heterocycles. The Morgan fingerprint density at radius 2 is 2.10 bits per heavy atom. The fourth-order valence-corrected chi connectivity index (χ4v) is 2.67. The molecule has 1 aromatic carbocycles. The van der Waals surface area contributed by atoms with Crippen molar-refractivity contribution in [3.63, 3.8) is 0 Å². The lowest BCUT2D eigenvalue weighted by Gasteiger charge is -2.14. The standard InChI is InChI=1S/C16H24N2O2/c1-2-20-11-12-6-8-14(9-7-12)18-16(19)10-13-4-3-5-15(13)17/h6-9,13,15H,2-5,10-11,17H2,1H3,(H,18,19)/t13-,15+/m0/s1. The number of anilines is 1. The van der Waals surface area contributed by atoms with Gasteiger partial charge in [-0.1, -0.05) is 18.6 Å². The first-order valence-electron chi connectivity index (χ1n) is 7.41. The molecule has 1 fully saturated rings. The van der Waals surface area contributed by atoms with E-state index in [1.54, 1.807) is 0 Å². The summed E-state index contributed by atoms with van der Waals surface area (Å²) in [6.45, 7) is 3.30. The van der Waals surface area contributed by atoms with E-state index in [2.05, 4.69) is 5.32 Å². The molecule has 0 aromatic heterocycles. The summed E-state index contributed by atoms with van der Waals surface area (Å²) in [5, 5.41) is 2.94. The summed E-state index contributed by atoms with van der Waals surface area (Å²) >= 11 is 0. The van der Waals surface area contributed by atoms with E-state index in [-0.39, 0.29) is 11.9 Å². The lowest BCUT2D eigenvalue weighted by atomic mass is 10.00. The van der Waals surface area contributed by atoms with Crippen molar-refractivity contribution in [1.82, 2.24) is 0 Å². The Bertz CT molecular complexity index is 431. The van der Waals surface area contributed by atoms with Crippen LogP contribution in [0.3, 0.4) is 0 Å². The minimum atomic E-state index is 0.0601. The molecule has 2 atom stereocenters. The van der Waals surface area contributed by atoms with Gasteiger partial charge in [0.15, 0.2) is 0 Å². The van der Waals surface area contributed by atoms with Crippen molar-refractivity contribution < 1.29 is 9.53 Å². The Hall–Kier alpha value is -1.39. The highest BCUT2D eigenvalue weighted by atomic mass is 16.5. The summed E-state index contributed by atoms with van der Waals surface area (Å²) in [4.78, 5) is 12.0. The molecule has 0 spiro atoms. The van der Waals surface area contributed by atoms with Gasteiger partial charge in [-0.3, -0.25) is 4.79 Å². The predicted molar refractivity (Wildman–Crippen MR) is 80.3 cm³/mol. The van der Waals surface area contributed by atoms with Crippen LogP contribution in [0.15, 0.2) is 24.3 Å². The van der Waals surface area contributed by atoms with E-state index in [1.165, 1.54) is 0 Å². The van der Waals surface area contributed by atoms with Crippen LogP contribution in [0.25, 0.3) is 0 Å². The monoisotopic (exact) mass is 276 g/mol. The summed E-state index contributed by atoms with van der Waals surface area (Å²) in [5.41, 5.74) is 7.94. The first-order valence-corrected chi connectivity index (χ1v) is 7.41. The molecule has 0 saturated heterocycles. The average molecular weight is 276 g/mol. The number of nitrogens with two attached hydrogens (primary N) is 1. The van der Waals surface area contributed by atoms with Gasteiger partial charge in [-0.25, -0.2) is 0 Å². The van der Waals surface area contributed by atoms with Gasteiger partial charge in [-0.05, 0) is 43.4 Å². The van der Waals surface area contributed by atoms with E-state index in [0.717, 1.165) is 30.5 Å². The van der Waals surface area contributed by atoms with Crippen molar-refractivity contribution in [2.75, 3.05) is 11.9 Å². The predicted octanol–water partition coefficient (Wildman–Crippen LogP) is 2.68. The van der Waals surface area contributed by atoms with E-state index in [1.807, 2.05) is 31.2 Å². The third-order valence-electron chi connectivity index (χ3n) is 3.88. The highest BCUT2D eigenvalue weighted by Crippen LogP contribution is 2.27. The van der Waals surface area contributed by atoms with E-state index >= 15 is 0 Å². The molecule has 0 radical (unpaired) electrons. The van der Waals surface area contributed by atoms with Crippen LogP contribution < -0.4 is 11.1 Å². The van der Waals surface area contributed by atoms with E-state index < -0.39 is 0 Å². The third-order valence-corrected chi connectivity index (χ3v) is 3.88. The van der Waals surface area contributed by atoms with Crippen LogP contribution in [0.4, 0.5) is 5.69 Å². The molecule has 0 bridgehead atoms. The molecule has 4 nitrogen and oxygen atoms in total. The maximum absolute atomic E-state index is 12.0. The van der Waals surface area contributed by atoms with Gasteiger partial charge < -0.3 is 15.8 Å².